The summed E-state index contributed by atoms with van der Waals surface area (Å²) in [7, 11) is 3.65. The predicted octanol–water partition coefficient (Wildman–Crippen LogP) is 0.172. The number of aldehydes is 1. The fourth-order valence-electron chi connectivity index (χ4n) is 2.34. The Hall–Kier alpha value is -1.99. The lowest BCUT2D eigenvalue weighted by atomic mass is 10.3. The van der Waals surface area contributed by atoms with Gasteiger partial charge >= 0.3 is 0 Å². The zero-order chi connectivity index (χ0) is 15.9. The van der Waals surface area contributed by atoms with Gasteiger partial charge in [-0.1, -0.05) is 6.08 Å². The minimum atomic E-state index is -0.0259. The van der Waals surface area contributed by atoms with E-state index >= 15 is 0 Å². The first-order valence-electron chi connectivity index (χ1n) is 7.28. The second kappa shape index (κ2) is 7.86. The Labute approximate surface area is 130 Å². The van der Waals surface area contributed by atoms with Crippen LogP contribution >= 0.6 is 0 Å². The Morgan fingerprint density at radius 1 is 1.50 bits per heavy atom. The van der Waals surface area contributed by atoms with E-state index in [0.29, 0.717) is 38.5 Å². The number of hydrogen-bond acceptors (Lipinski definition) is 5. The molecule has 22 heavy (non-hydrogen) atoms. The molecular formula is C15H22N4O3. The van der Waals surface area contributed by atoms with E-state index in [4.69, 9.17) is 4.74 Å². The highest BCUT2D eigenvalue weighted by molar-refractivity contribution is 5.87. The lowest BCUT2D eigenvalue weighted by molar-refractivity contribution is -0.127. The molecule has 7 heteroatoms. The van der Waals surface area contributed by atoms with E-state index in [1.807, 2.05) is 17.7 Å². The molecule has 0 radical (unpaired) electrons. The number of carbonyl (C=O) groups excluding carboxylic acids is 2. The van der Waals surface area contributed by atoms with Crippen molar-refractivity contribution in [2.45, 2.75) is 13.1 Å². The first kappa shape index (κ1) is 16.4. The molecule has 1 aromatic rings. The van der Waals surface area contributed by atoms with Crippen molar-refractivity contribution in [1.82, 2.24) is 19.4 Å². The van der Waals surface area contributed by atoms with Crippen LogP contribution in [0, 0.1) is 0 Å². The molecule has 2 rings (SSSR count). The van der Waals surface area contributed by atoms with Crippen LogP contribution in [-0.2, 0) is 22.6 Å². The summed E-state index contributed by atoms with van der Waals surface area (Å²) in [4.78, 5) is 31.0. The van der Waals surface area contributed by atoms with Crippen LogP contribution in [0.3, 0.4) is 0 Å². The van der Waals surface area contributed by atoms with Crippen molar-refractivity contribution < 1.29 is 14.3 Å². The molecule has 1 amide bonds. The predicted molar refractivity (Wildman–Crippen MR) is 81.5 cm³/mol. The molecule has 1 aliphatic heterocycles. The number of nitrogens with zero attached hydrogens (tertiary/aromatic N) is 4. The quantitative estimate of drug-likeness (QED) is 0.531. The van der Waals surface area contributed by atoms with Crippen LogP contribution in [0.2, 0.25) is 0 Å². The van der Waals surface area contributed by atoms with Crippen molar-refractivity contribution in [3.05, 3.63) is 29.9 Å². The summed E-state index contributed by atoms with van der Waals surface area (Å²) in [6, 6.07) is 0. The van der Waals surface area contributed by atoms with Crippen molar-refractivity contribution >= 4 is 12.2 Å². The largest absolute Gasteiger partial charge is 0.383 e. The number of likely N-dealkylation sites (N-methyl/N-ethyl adjacent to an activating group) is 1. The Morgan fingerprint density at radius 3 is 3.05 bits per heavy atom. The Morgan fingerprint density at radius 2 is 2.32 bits per heavy atom. The second-order valence-electron chi connectivity index (χ2n) is 5.29. The van der Waals surface area contributed by atoms with Crippen LogP contribution in [0.15, 0.2) is 18.3 Å². The van der Waals surface area contributed by atoms with Gasteiger partial charge in [0.1, 0.15) is 11.5 Å². The van der Waals surface area contributed by atoms with Gasteiger partial charge in [-0.25, -0.2) is 4.98 Å². The number of aromatic nitrogens is 2. The summed E-state index contributed by atoms with van der Waals surface area (Å²) in [6.07, 6.45) is 5.80. The second-order valence-corrected chi connectivity index (χ2v) is 5.29. The van der Waals surface area contributed by atoms with Crippen molar-refractivity contribution in [3.63, 3.8) is 0 Å². The monoisotopic (exact) mass is 306 g/mol. The smallest absolute Gasteiger partial charge is 0.246 e. The Bertz CT molecular complexity index is 553. The van der Waals surface area contributed by atoms with Gasteiger partial charge in [-0.05, 0) is 7.05 Å². The Balaban J connectivity index is 1.85. The van der Waals surface area contributed by atoms with E-state index in [1.165, 1.54) is 0 Å². The van der Waals surface area contributed by atoms with E-state index in [2.05, 4.69) is 9.88 Å². The van der Waals surface area contributed by atoms with Gasteiger partial charge in [-0.15, -0.1) is 0 Å². The van der Waals surface area contributed by atoms with Crippen LogP contribution < -0.4 is 0 Å². The summed E-state index contributed by atoms with van der Waals surface area (Å²) in [5, 5.41) is 0. The average molecular weight is 306 g/mol. The van der Waals surface area contributed by atoms with Crippen LogP contribution in [0.25, 0.3) is 0 Å². The highest BCUT2D eigenvalue weighted by Crippen LogP contribution is 2.13. The Kier molecular flexibility index (Phi) is 5.85. The van der Waals surface area contributed by atoms with Crippen molar-refractivity contribution in [1.29, 1.82) is 0 Å². The topological polar surface area (TPSA) is 67.7 Å². The molecule has 0 saturated carbocycles. The van der Waals surface area contributed by atoms with Crippen molar-refractivity contribution in [3.8, 4) is 0 Å². The van der Waals surface area contributed by atoms with Gasteiger partial charge in [0.05, 0.1) is 19.3 Å². The number of imidazole rings is 1. The third-order valence-corrected chi connectivity index (χ3v) is 3.68. The van der Waals surface area contributed by atoms with Crippen molar-refractivity contribution in [2.24, 2.45) is 0 Å². The minimum Gasteiger partial charge on any atom is -0.383 e. The number of ether oxygens (including phenoxy) is 1. The molecule has 0 spiro atoms. The maximum absolute atomic E-state index is 12.2. The van der Waals surface area contributed by atoms with E-state index < -0.39 is 0 Å². The molecule has 0 saturated heterocycles. The first-order chi connectivity index (χ1) is 10.7. The number of methoxy groups -OCH3 is 1. The lowest BCUT2D eigenvalue weighted by Gasteiger charge is -2.27. The van der Waals surface area contributed by atoms with Crippen LogP contribution in [0.5, 0.6) is 0 Å². The van der Waals surface area contributed by atoms with Gasteiger partial charge in [0.15, 0.2) is 6.29 Å². The zero-order valence-corrected chi connectivity index (χ0v) is 13.1. The summed E-state index contributed by atoms with van der Waals surface area (Å²) in [5.41, 5.74) is 0.567. The molecule has 0 N–H and O–H groups in total. The molecule has 0 atom stereocenters. The average Bonchev–Trinajstić information content (AvgIpc) is 2.94. The molecule has 0 bridgehead atoms. The molecule has 120 valence electrons. The molecule has 0 unspecified atom stereocenters. The van der Waals surface area contributed by atoms with Crippen LogP contribution in [0.1, 0.15) is 16.3 Å². The van der Waals surface area contributed by atoms with E-state index in [1.54, 1.807) is 24.3 Å². The van der Waals surface area contributed by atoms with E-state index in [0.717, 1.165) is 18.7 Å². The molecule has 2 heterocycles. The molecule has 1 aliphatic rings. The number of amides is 1. The molecule has 1 aromatic heterocycles. The van der Waals surface area contributed by atoms with Crippen LogP contribution in [0.4, 0.5) is 0 Å². The number of fused-ring (bicyclic) bond motifs is 1. The SMILES string of the molecule is COCCN(C)C/C=C/C(=O)N1CCn2c(C=O)cnc2C1. The highest BCUT2D eigenvalue weighted by atomic mass is 16.5. The molecule has 0 fully saturated rings. The summed E-state index contributed by atoms with van der Waals surface area (Å²) in [6.45, 7) is 3.84. The maximum atomic E-state index is 12.2. The summed E-state index contributed by atoms with van der Waals surface area (Å²) in [5.74, 6) is 0.731. The molecule has 0 aromatic carbocycles. The standard InChI is InChI=1S/C15H22N4O3/c1-17(8-9-22-2)5-3-4-15(21)18-6-7-19-13(12-20)10-16-14(19)11-18/h3-4,10,12H,5-9,11H2,1-2H3/b4-3+. The fraction of sp³-hybridized carbons (Fsp3) is 0.533. The number of rotatable bonds is 7. The fourth-order valence-corrected chi connectivity index (χ4v) is 2.34. The summed E-state index contributed by atoms with van der Waals surface area (Å²) < 4.78 is 6.86. The lowest BCUT2D eigenvalue weighted by Crippen LogP contribution is -2.38. The van der Waals surface area contributed by atoms with Gasteiger partial charge in [-0.2, -0.15) is 0 Å². The normalized spacial score (nSPS) is 14.6. The minimum absolute atomic E-state index is 0.0259. The van der Waals surface area contributed by atoms with Crippen molar-refractivity contribution in [2.75, 3.05) is 40.4 Å². The van der Waals surface area contributed by atoms with Gasteiger partial charge in [0.25, 0.3) is 0 Å². The molecule has 0 aliphatic carbocycles. The number of carbonyl (C=O) groups is 2. The van der Waals surface area contributed by atoms with Gasteiger partial charge in [0.2, 0.25) is 5.91 Å². The zero-order valence-electron chi connectivity index (χ0n) is 13.1. The number of hydrogen-bond donors (Lipinski definition) is 0. The third kappa shape index (κ3) is 4.02. The molecular weight excluding hydrogens is 284 g/mol. The third-order valence-electron chi connectivity index (χ3n) is 3.68. The maximum Gasteiger partial charge on any atom is 0.246 e. The van der Waals surface area contributed by atoms with Gasteiger partial charge < -0.3 is 19.1 Å². The first-order valence-corrected chi connectivity index (χ1v) is 7.28. The summed E-state index contributed by atoms with van der Waals surface area (Å²) >= 11 is 0. The van der Waals surface area contributed by atoms with Gasteiger partial charge in [0, 0.05) is 39.4 Å². The highest BCUT2D eigenvalue weighted by Gasteiger charge is 2.21. The van der Waals surface area contributed by atoms with E-state index in [-0.39, 0.29) is 5.91 Å². The van der Waals surface area contributed by atoms with E-state index in [9.17, 15) is 9.59 Å². The van der Waals surface area contributed by atoms with Crippen LogP contribution in [-0.4, -0.2) is 71.9 Å². The van der Waals surface area contributed by atoms with Gasteiger partial charge in [-0.3, -0.25) is 9.59 Å². The molecule has 7 nitrogen and oxygen atoms in total.